The number of nitrogens with two attached hydrogens (primary N) is 2. The molecule has 0 aliphatic heterocycles. The number of aryl methyl sites for hydroxylation is 2. The summed E-state index contributed by atoms with van der Waals surface area (Å²) in [6, 6.07) is 46.9. The number of benzene rings is 6. The van der Waals surface area contributed by atoms with Gasteiger partial charge in [0, 0.05) is 106 Å². The normalized spacial score (nSPS) is 12.7. The molecular formula is C80H93FN12O12S2. The SMILES string of the molecule is COc1ccc(CN(Cc2ccc(OC)cc2)S(=O)(=O)c2ccn(C(C)(C)C(=O)N(C)CCO)n2)cc1.COc1ccc(CN(Cc2ccc(OC)cc2)S(=O)(=O)c2ccn(C(C)(C)C(=O)N(C)CCOc3cc(-c4ccc5c(c4N)CCC5)ccn3)n2)cc1.Nc1c(-c2ccnc(F)c2)ccc2c1CCC2. The van der Waals surface area contributed by atoms with Crippen LogP contribution >= 0.6 is 0 Å². The summed E-state index contributed by atoms with van der Waals surface area (Å²) in [4.78, 5) is 37.5. The number of amides is 2. The number of carbonyl (C=O) groups excluding carboxylic acids is 2. The number of likely N-dealkylation sites (N-methyl/N-ethyl adjacent to an activating group) is 2. The van der Waals surface area contributed by atoms with Gasteiger partial charge < -0.3 is 50.1 Å². The van der Waals surface area contributed by atoms with Crippen LogP contribution in [0.2, 0.25) is 0 Å². The fraction of sp³-hybridized carbons (Fsp3) is 0.325. The molecule has 6 aromatic carbocycles. The molecule has 0 unspecified atom stereocenters. The number of sulfonamides is 2. The van der Waals surface area contributed by atoms with Crippen molar-refractivity contribution in [3.8, 4) is 51.1 Å². The van der Waals surface area contributed by atoms with Crippen LogP contribution in [0.15, 0.2) is 193 Å². The second-order valence-corrected chi connectivity index (χ2v) is 30.8. The van der Waals surface area contributed by atoms with E-state index in [2.05, 4.69) is 38.4 Å². The number of hydrogen-bond donors (Lipinski definition) is 3. The molecule has 10 aromatic rings. The number of aromatic nitrogens is 6. The zero-order chi connectivity index (χ0) is 76.8. The molecule has 107 heavy (non-hydrogen) atoms. The van der Waals surface area contributed by atoms with E-state index >= 15 is 0 Å². The molecule has 0 fully saturated rings. The quantitative estimate of drug-likeness (QED) is 0.0303. The second kappa shape index (κ2) is 34.7. The molecule has 0 radical (unpaired) electrons. The summed E-state index contributed by atoms with van der Waals surface area (Å²) in [6.45, 7) is 7.54. The molecule has 24 nitrogen and oxygen atoms in total. The fourth-order valence-corrected chi connectivity index (χ4v) is 15.5. The Morgan fingerprint density at radius 3 is 1.23 bits per heavy atom. The first-order valence-electron chi connectivity index (χ1n) is 35.0. The summed E-state index contributed by atoms with van der Waals surface area (Å²) in [5.74, 6) is 2.07. The predicted molar refractivity (Wildman–Crippen MR) is 408 cm³/mol. The number of aliphatic hydroxyl groups excluding tert-OH is 1. The maximum Gasteiger partial charge on any atom is 0.262 e. The van der Waals surface area contributed by atoms with Gasteiger partial charge in [0.1, 0.15) is 40.7 Å². The summed E-state index contributed by atoms with van der Waals surface area (Å²) >= 11 is 0. The molecule has 0 atom stereocenters. The maximum absolute atomic E-state index is 14.2. The highest BCUT2D eigenvalue weighted by molar-refractivity contribution is 7.89. The zero-order valence-corrected chi connectivity index (χ0v) is 63.6. The lowest BCUT2D eigenvalue weighted by atomic mass is 9.98. The summed E-state index contributed by atoms with van der Waals surface area (Å²) in [6.07, 6.45) is 12.6. The Kier molecular flexibility index (Phi) is 25.6. The highest BCUT2D eigenvalue weighted by atomic mass is 32.2. The molecule has 2 amide bonds. The van der Waals surface area contributed by atoms with E-state index < -0.39 is 37.1 Å². The third-order valence-electron chi connectivity index (χ3n) is 19.1. The van der Waals surface area contributed by atoms with Gasteiger partial charge in [-0.1, -0.05) is 72.8 Å². The third-order valence-corrected chi connectivity index (χ3v) is 22.5. The van der Waals surface area contributed by atoms with Gasteiger partial charge in [0.25, 0.3) is 20.0 Å². The van der Waals surface area contributed by atoms with Gasteiger partial charge in [-0.15, -0.1) is 0 Å². The minimum atomic E-state index is -4.11. The Morgan fingerprint density at radius 1 is 0.505 bits per heavy atom. The van der Waals surface area contributed by atoms with Gasteiger partial charge in [-0.25, -0.2) is 26.8 Å². The van der Waals surface area contributed by atoms with Crippen molar-refractivity contribution in [2.75, 3.05) is 80.3 Å². The first-order chi connectivity index (χ1) is 51.2. The van der Waals surface area contributed by atoms with Gasteiger partial charge in [-0.2, -0.15) is 23.2 Å². The van der Waals surface area contributed by atoms with E-state index in [1.165, 1.54) is 86.8 Å². The van der Waals surface area contributed by atoms with E-state index in [1.54, 1.807) is 131 Å². The number of anilines is 2. The van der Waals surface area contributed by atoms with Crippen molar-refractivity contribution in [2.24, 2.45) is 0 Å². The summed E-state index contributed by atoms with van der Waals surface area (Å²) < 4.78 is 101. The van der Waals surface area contributed by atoms with Crippen molar-refractivity contribution in [1.29, 1.82) is 0 Å². The number of aliphatic hydroxyl groups is 1. The van der Waals surface area contributed by atoms with Crippen molar-refractivity contribution in [3.05, 3.63) is 233 Å². The molecular weight excluding hydrogens is 1400 g/mol. The molecule has 0 spiro atoms. The molecule has 0 saturated carbocycles. The van der Waals surface area contributed by atoms with Gasteiger partial charge in [-0.3, -0.25) is 19.0 Å². The number of fused-ring (bicyclic) bond motifs is 2. The molecule has 564 valence electrons. The number of hydrogen-bond acceptors (Lipinski definition) is 18. The average Bonchev–Trinajstić information content (AvgIpc) is 1.69. The highest BCUT2D eigenvalue weighted by Crippen LogP contribution is 2.38. The van der Waals surface area contributed by atoms with E-state index in [1.807, 2.05) is 66.7 Å². The minimum absolute atomic E-state index is 0.0920. The number of ether oxygens (including phenoxy) is 5. The van der Waals surface area contributed by atoms with Crippen LogP contribution in [0.1, 0.15) is 85.0 Å². The van der Waals surface area contributed by atoms with E-state index in [4.69, 9.17) is 35.2 Å². The number of rotatable bonds is 28. The number of methoxy groups -OCH3 is 4. The van der Waals surface area contributed by atoms with Crippen LogP contribution < -0.4 is 35.2 Å². The van der Waals surface area contributed by atoms with Crippen molar-refractivity contribution >= 4 is 43.2 Å². The Bertz CT molecular complexity index is 4840. The fourth-order valence-electron chi connectivity index (χ4n) is 12.9. The summed E-state index contributed by atoms with van der Waals surface area (Å²) in [5.41, 5.74) is 23.8. The first-order valence-corrected chi connectivity index (χ1v) is 37.8. The van der Waals surface area contributed by atoms with E-state index in [0.29, 0.717) is 28.9 Å². The van der Waals surface area contributed by atoms with E-state index in [0.717, 1.165) is 94.4 Å². The van der Waals surface area contributed by atoms with Crippen LogP contribution in [0, 0.1) is 5.95 Å². The molecule has 0 saturated heterocycles. The zero-order valence-electron chi connectivity index (χ0n) is 62.0. The number of nitrogen functional groups attached to an aromatic ring is 2. The molecule has 5 N–H and O–H groups in total. The molecule has 2 aliphatic carbocycles. The number of carbonyl (C=O) groups is 2. The first kappa shape index (κ1) is 78.9. The van der Waals surface area contributed by atoms with Crippen molar-refractivity contribution in [1.82, 2.24) is 47.9 Å². The number of halogens is 1. The minimum Gasteiger partial charge on any atom is -0.497 e. The number of nitrogens with zero attached hydrogens (tertiary/aromatic N) is 10. The van der Waals surface area contributed by atoms with Crippen LogP contribution in [-0.4, -0.2) is 151 Å². The Labute approximate surface area is 625 Å². The van der Waals surface area contributed by atoms with E-state index in [9.17, 15) is 35.9 Å². The molecule has 4 aromatic heterocycles. The van der Waals surface area contributed by atoms with Gasteiger partial charge in [0.2, 0.25) is 23.6 Å². The average molecular weight is 1500 g/mol. The smallest absolute Gasteiger partial charge is 0.262 e. The molecule has 27 heteroatoms. The monoisotopic (exact) mass is 1500 g/mol. The lowest BCUT2D eigenvalue weighted by Gasteiger charge is -2.29. The van der Waals surface area contributed by atoms with Gasteiger partial charge in [-0.05, 0) is 195 Å². The standard InChI is InChI=1S/C40H46N6O6S.C26H34N4O6S.C14H13FN2/c1-40(2,39(47)44(3)23-24-52-36-25-31(19-21-42-36)35-18-13-30-7-6-8-34(30)38(35)41)46-22-20-37(43-46)53(48,49)45(26-28-9-14-32(50-4)15-10-28)27-29-11-16-33(51-5)17-12-29;1-26(2,25(32)28(3)16-17-31)30-15-14-24(27-30)37(33,34)29(18-20-6-10-22(35-4)11-7-20)19-21-8-12-23(36-5)13-9-21;15-13-8-10(6-7-17-13)12-5-4-9-2-1-3-11(9)14(12)16/h9-22,25H,6-8,23-24,26-27,41H2,1-5H3;6-15,31H,16-19H2,1-5H3;4-8H,1-3,16H2. The third kappa shape index (κ3) is 18.8. The van der Waals surface area contributed by atoms with Crippen LogP contribution in [0.5, 0.6) is 28.9 Å². The second-order valence-electron chi connectivity index (χ2n) is 27.1. The molecule has 0 bridgehead atoms. The van der Waals surface area contributed by atoms with Crippen LogP contribution in [0.25, 0.3) is 22.3 Å². The van der Waals surface area contributed by atoms with Crippen LogP contribution in [-0.2, 0) is 92.6 Å². The molecule has 4 heterocycles. The number of pyridine rings is 2. The Morgan fingerprint density at radius 2 is 0.869 bits per heavy atom. The highest BCUT2D eigenvalue weighted by Gasteiger charge is 2.38. The molecule has 2 aliphatic rings. The lowest BCUT2D eigenvalue weighted by molar-refractivity contribution is -0.139. The Balaban J connectivity index is 0.000000194. The Hall–Kier alpha value is -10.7. The molecule has 12 rings (SSSR count). The van der Waals surface area contributed by atoms with Crippen LogP contribution in [0.4, 0.5) is 15.8 Å². The lowest BCUT2D eigenvalue weighted by Crippen LogP contribution is -2.46. The van der Waals surface area contributed by atoms with Gasteiger partial charge in [0.15, 0.2) is 10.1 Å². The topological polar surface area (TPSA) is 295 Å². The maximum atomic E-state index is 14.2. The predicted octanol–water partition coefficient (Wildman–Crippen LogP) is 11.1. The van der Waals surface area contributed by atoms with Gasteiger partial charge in [0.05, 0.1) is 41.6 Å². The van der Waals surface area contributed by atoms with Crippen molar-refractivity contribution in [3.63, 3.8) is 0 Å². The van der Waals surface area contributed by atoms with Crippen LogP contribution in [0.3, 0.4) is 0 Å². The summed E-state index contributed by atoms with van der Waals surface area (Å²) in [5, 5.41) is 17.6. The largest absolute Gasteiger partial charge is 0.497 e. The van der Waals surface area contributed by atoms with Gasteiger partial charge >= 0.3 is 0 Å². The van der Waals surface area contributed by atoms with Crippen molar-refractivity contribution in [2.45, 2.75) is 114 Å². The van der Waals surface area contributed by atoms with E-state index in [-0.39, 0.29) is 74.3 Å². The summed E-state index contributed by atoms with van der Waals surface area (Å²) in [7, 11) is 1.38. The van der Waals surface area contributed by atoms with Crippen molar-refractivity contribution < 1.29 is 59.6 Å².